The Morgan fingerprint density at radius 1 is 1.42 bits per heavy atom. The topological polar surface area (TPSA) is 55.4 Å². The lowest BCUT2D eigenvalue weighted by Gasteiger charge is -2.05. The highest BCUT2D eigenvalue weighted by Gasteiger charge is 2.17. The Hall–Kier alpha value is -1.07. The van der Waals surface area contributed by atoms with E-state index in [1.54, 1.807) is 13.0 Å². The molecule has 0 bridgehead atoms. The minimum absolute atomic E-state index is 0.0995. The summed E-state index contributed by atoms with van der Waals surface area (Å²) in [5, 5.41) is 3.33. The number of anilines is 1. The summed E-state index contributed by atoms with van der Waals surface area (Å²) in [6.45, 7) is 3.95. The summed E-state index contributed by atoms with van der Waals surface area (Å²) in [7, 11) is 0. The van der Waals surface area contributed by atoms with Crippen LogP contribution < -0.4 is 5.32 Å². The zero-order valence-corrected chi connectivity index (χ0v) is 12.7. The Morgan fingerprint density at radius 2 is 2.16 bits per heavy atom. The monoisotopic (exact) mass is 303 g/mol. The van der Waals surface area contributed by atoms with Crippen molar-refractivity contribution in [1.82, 2.24) is 0 Å². The number of hydrogen-bond donors (Lipinski definition) is 1. The van der Waals surface area contributed by atoms with Crippen LogP contribution in [0.5, 0.6) is 0 Å². The molecule has 4 nitrogen and oxygen atoms in total. The second-order valence-electron chi connectivity index (χ2n) is 4.01. The highest BCUT2D eigenvalue weighted by molar-refractivity contribution is 7.16. The standard InChI is InChI=1S/C13H18ClNO3S/c1-3-18-13(17)10-8-9(2)19-12(10)15-11(16)6-4-5-7-14/h8H,3-7H2,1-2H3,(H,15,16). The molecule has 0 aromatic carbocycles. The molecule has 0 fully saturated rings. The van der Waals surface area contributed by atoms with Crippen molar-refractivity contribution >= 4 is 39.8 Å². The van der Waals surface area contributed by atoms with Gasteiger partial charge in [0.05, 0.1) is 12.2 Å². The summed E-state index contributed by atoms with van der Waals surface area (Å²) >= 11 is 6.94. The largest absolute Gasteiger partial charge is 0.462 e. The number of hydrogen-bond acceptors (Lipinski definition) is 4. The van der Waals surface area contributed by atoms with Gasteiger partial charge in [-0.25, -0.2) is 4.79 Å². The van der Waals surface area contributed by atoms with E-state index < -0.39 is 5.97 Å². The summed E-state index contributed by atoms with van der Waals surface area (Å²) < 4.78 is 4.96. The first-order valence-electron chi connectivity index (χ1n) is 6.21. The van der Waals surface area contributed by atoms with Gasteiger partial charge in [-0.05, 0) is 32.8 Å². The van der Waals surface area contributed by atoms with Crippen LogP contribution in [-0.2, 0) is 9.53 Å². The highest BCUT2D eigenvalue weighted by Crippen LogP contribution is 2.28. The minimum atomic E-state index is -0.400. The first kappa shape index (κ1) is 16.0. The molecule has 0 radical (unpaired) electrons. The van der Waals surface area contributed by atoms with Crippen molar-refractivity contribution in [3.05, 3.63) is 16.5 Å². The molecule has 0 spiro atoms. The summed E-state index contributed by atoms with van der Waals surface area (Å²) in [5.74, 6) is 0.0554. The molecule has 1 amide bonds. The fraction of sp³-hybridized carbons (Fsp3) is 0.538. The van der Waals surface area contributed by atoms with Gasteiger partial charge in [-0.2, -0.15) is 0 Å². The molecule has 0 saturated heterocycles. The van der Waals surface area contributed by atoms with Crippen LogP contribution in [-0.4, -0.2) is 24.4 Å². The minimum Gasteiger partial charge on any atom is -0.462 e. The average Bonchev–Trinajstić information content (AvgIpc) is 2.71. The molecule has 0 atom stereocenters. The van der Waals surface area contributed by atoms with E-state index in [9.17, 15) is 9.59 Å². The fourth-order valence-electron chi connectivity index (χ4n) is 1.54. The van der Waals surface area contributed by atoms with Crippen LogP contribution in [0.3, 0.4) is 0 Å². The van der Waals surface area contributed by atoms with Gasteiger partial charge >= 0.3 is 5.97 Å². The van der Waals surface area contributed by atoms with Crippen molar-refractivity contribution in [2.45, 2.75) is 33.1 Å². The van der Waals surface area contributed by atoms with Gasteiger partial charge in [0.1, 0.15) is 5.00 Å². The van der Waals surface area contributed by atoms with Gasteiger partial charge in [-0.15, -0.1) is 22.9 Å². The lowest BCUT2D eigenvalue weighted by atomic mass is 10.2. The number of unbranched alkanes of at least 4 members (excludes halogenated alkanes) is 1. The van der Waals surface area contributed by atoms with Gasteiger partial charge in [0.2, 0.25) is 5.91 Å². The molecule has 0 saturated carbocycles. The van der Waals surface area contributed by atoms with Gasteiger partial charge in [0.15, 0.2) is 0 Å². The van der Waals surface area contributed by atoms with E-state index in [1.807, 2.05) is 6.92 Å². The maximum absolute atomic E-state index is 11.7. The Labute approximate surface area is 122 Å². The number of amides is 1. The SMILES string of the molecule is CCOC(=O)c1cc(C)sc1NC(=O)CCCCCl. The number of alkyl halides is 1. The molecule has 19 heavy (non-hydrogen) atoms. The van der Waals surface area contributed by atoms with Crippen molar-refractivity contribution in [3.63, 3.8) is 0 Å². The molecular weight excluding hydrogens is 286 g/mol. The Bertz CT molecular complexity index is 445. The molecule has 0 aliphatic rings. The number of thiophene rings is 1. The van der Waals surface area contributed by atoms with Gasteiger partial charge in [0.25, 0.3) is 0 Å². The second kappa shape index (κ2) is 8.17. The van der Waals surface area contributed by atoms with Crippen LogP contribution >= 0.6 is 22.9 Å². The molecule has 0 aliphatic carbocycles. The molecule has 1 N–H and O–H groups in total. The number of esters is 1. The smallest absolute Gasteiger partial charge is 0.341 e. The van der Waals surface area contributed by atoms with E-state index in [-0.39, 0.29) is 5.91 Å². The van der Waals surface area contributed by atoms with Gasteiger partial charge in [0, 0.05) is 17.2 Å². The number of nitrogens with one attached hydrogen (secondary N) is 1. The van der Waals surface area contributed by atoms with Crippen molar-refractivity contribution < 1.29 is 14.3 Å². The zero-order chi connectivity index (χ0) is 14.3. The predicted octanol–water partition coefficient (Wildman–Crippen LogP) is 3.58. The third-order valence-electron chi connectivity index (χ3n) is 2.39. The lowest BCUT2D eigenvalue weighted by Crippen LogP contribution is -2.13. The molecule has 0 aliphatic heterocycles. The first-order valence-corrected chi connectivity index (χ1v) is 7.57. The molecule has 0 unspecified atom stereocenters. The zero-order valence-electron chi connectivity index (χ0n) is 11.1. The maximum Gasteiger partial charge on any atom is 0.341 e. The normalized spacial score (nSPS) is 10.3. The molecule has 106 valence electrons. The number of rotatable bonds is 7. The van der Waals surface area contributed by atoms with E-state index in [4.69, 9.17) is 16.3 Å². The maximum atomic E-state index is 11.7. The van der Waals surface area contributed by atoms with Crippen LogP contribution in [0.1, 0.15) is 41.4 Å². The van der Waals surface area contributed by atoms with E-state index in [0.717, 1.165) is 17.7 Å². The Morgan fingerprint density at radius 3 is 2.79 bits per heavy atom. The number of carbonyl (C=O) groups is 2. The van der Waals surface area contributed by atoms with Gasteiger partial charge < -0.3 is 10.1 Å². The van der Waals surface area contributed by atoms with Gasteiger partial charge in [-0.3, -0.25) is 4.79 Å². The quantitative estimate of drug-likeness (QED) is 0.476. The molecule has 1 aromatic rings. The highest BCUT2D eigenvalue weighted by atomic mass is 35.5. The first-order chi connectivity index (χ1) is 9.08. The van der Waals surface area contributed by atoms with Gasteiger partial charge in [-0.1, -0.05) is 0 Å². The predicted molar refractivity (Wildman–Crippen MR) is 78.2 cm³/mol. The van der Waals surface area contributed by atoms with Crippen LogP contribution in [0.15, 0.2) is 6.07 Å². The van der Waals surface area contributed by atoms with E-state index in [0.29, 0.717) is 29.5 Å². The number of aryl methyl sites for hydroxylation is 1. The molecule has 1 heterocycles. The van der Waals surface area contributed by atoms with Crippen molar-refractivity contribution in [2.75, 3.05) is 17.8 Å². The molecular formula is C13H18ClNO3S. The third kappa shape index (κ3) is 5.20. The Kier molecular flexibility index (Phi) is 6.87. The second-order valence-corrected chi connectivity index (χ2v) is 5.65. The summed E-state index contributed by atoms with van der Waals surface area (Å²) in [6, 6.07) is 1.73. The summed E-state index contributed by atoms with van der Waals surface area (Å²) in [5.41, 5.74) is 0.426. The van der Waals surface area contributed by atoms with Crippen LogP contribution in [0.2, 0.25) is 0 Å². The van der Waals surface area contributed by atoms with Crippen molar-refractivity contribution in [2.24, 2.45) is 0 Å². The fourth-order valence-corrected chi connectivity index (χ4v) is 2.64. The van der Waals surface area contributed by atoms with Crippen molar-refractivity contribution in [3.8, 4) is 0 Å². The molecule has 1 rings (SSSR count). The van der Waals surface area contributed by atoms with E-state index in [1.165, 1.54) is 11.3 Å². The number of ether oxygens (including phenoxy) is 1. The third-order valence-corrected chi connectivity index (χ3v) is 3.62. The van der Waals surface area contributed by atoms with Crippen LogP contribution in [0.4, 0.5) is 5.00 Å². The van der Waals surface area contributed by atoms with E-state index >= 15 is 0 Å². The molecule has 6 heteroatoms. The Balaban J connectivity index is 2.67. The van der Waals surface area contributed by atoms with E-state index in [2.05, 4.69) is 5.32 Å². The lowest BCUT2D eigenvalue weighted by molar-refractivity contribution is -0.116. The number of halogens is 1. The van der Waals surface area contributed by atoms with Crippen molar-refractivity contribution in [1.29, 1.82) is 0 Å². The van der Waals surface area contributed by atoms with Crippen LogP contribution in [0.25, 0.3) is 0 Å². The molecule has 1 aromatic heterocycles. The van der Waals surface area contributed by atoms with Crippen LogP contribution in [0, 0.1) is 6.92 Å². The average molecular weight is 304 g/mol. The summed E-state index contributed by atoms with van der Waals surface area (Å²) in [6.07, 6.45) is 1.96. The summed E-state index contributed by atoms with van der Waals surface area (Å²) in [4.78, 5) is 24.4. The number of carbonyl (C=O) groups excluding carboxylic acids is 2.